The third-order valence-electron chi connectivity index (χ3n) is 3.39. The second-order valence-electron chi connectivity index (χ2n) is 4.62. The Labute approximate surface area is 107 Å². The standard InChI is InChI=1S/C14H18N4/c1-8-7-12(14(15)16)5-6-13(8)18-11(4)9(2)10(3)17-18/h5-7H,1-4H3,(H3,15,16). The first-order chi connectivity index (χ1) is 8.41. The number of nitrogens with two attached hydrogens (primary N) is 1. The second-order valence-corrected chi connectivity index (χ2v) is 4.62. The lowest BCUT2D eigenvalue weighted by molar-refractivity contribution is 0.827. The maximum atomic E-state index is 7.44. The van der Waals surface area contributed by atoms with E-state index in [4.69, 9.17) is 11.1 Å². The van der Waals surface area contributed by atoms with E-state index in [9.17, 15) is 0 Å². The molecule has 0 aliphatic carbocycles. The van der Waals surface area contributed by atoms with Crippen molar-refractivity contribution < 1.29 is 0 Å². The summed E-state index contributed by atoms with van der Waals surface area (Å²) >= 11 is 0. The van der Waals surface area contributed by atoms with E-state index in [1.54, 1.807) is 0 Å². The van der Waals surface area contributed by atoms with Crippen molar-refractivity contribution in [3.63, 3.8) is 0 Å². The first kappa shape index (κ1) is 12.4. The molecule has 3 N–H and O–H groups in total. The van der Waals surface area contributed by atoms with Gasteiger partial charge in [-0.25, -0.2) is 4.68 Å². The molecule has 0 aliphatic heterocycles. The smallest absolute Gasteiger partial charge is 0.122 e. The van der Waals surface area contributed by atoms with E-state index in [0.717, 1.165) is 28.2 Å². The first-order valence-electron chi connectivity index (χ1n) is 5.90. The van der Waals surface area contributed by atoms with Gasteiger partial charge in [-0.05, 0) is 57.0 Å². The number of hydrogen-bond donors (Lipinski definition) is 2. The van der Waals surface area contributed by atoms with Gasteiger partial charge in [0, 0.05) is 11.3 Å². The van der Waals surface area contributed by atoms with E-state index < -0.39 is 0 Å². The molecule has 0 aliphatic rings. The first-order valence-corrected chi connectivity index (χ1v) is 5.90. The number of rotatable bonds is 2. The van der Waals surface area contributed by atoms with Gasteiger partial charge in [0.1, 0.15) is 5.84 Å². The van der Waals surface area contributed by atoms with E-state index in [1.165, 1.54) is 5.56 Å². The molecule has 94 valence electrons. The van der Waals surface area contributed by atoms with Gasteiger partial charge in [-0.1, -0.05) is 0 Å². The lowest BCUT2D eigenvalue weighted by Crippen LogP contribution is -2.12. The molecule has 4 nitrogen and oxygen atoms in total. The maximum absolute atomic E-state index is 7.44. The fraction of sp³-hybridized carbons (Fsp3) is 0.286. The fourth-order valence-corrected chi connectivity index (χ4v) is 2.02. The number of nitrogens with one attached hydrogen (secondary N) is 1. The number of nitrogen functional groups attached to an aromatic ring is 1. The minimum Gasteiger partial charge on any atom is -0.384 e. The predicted molar refractivity (Wildman–Crippen MR) is 73.5 cm³/mol. The molecule has 0 unspecified atom stereocenters. The van der Waals surface area contributed by atoms with Crippen LogP contribution in [-0.2, 0) is 0 Å². The van der Waals surface area contributed by atoms with Gasteiger partial charge in [-0.3, -0.25) is 5.41 Å². The highest BCUT2D eigenvalue weighted by atomic mass is 15.3. The molecular formula is C14H18N4. The van der Waals surface area contributed by atoms with E-state index in [1.807, 2.05) is 36.7 Å². The monoisotopic (exact) mass is 242 g/mol. The third kappa shape index (κ3) is 1.90. The molecule has 2 rings (SSSR count). The van der Waals surface area contributed by atoms with Gasteiger partial charge < -0.3 is 5.73 Å². The minimum absolute atomic E-state index is 0.0919. The summed E-state index contributed by atoms with van der Waals surface area (Å²) in [6, 6.07) is 5.74. The van der Waals surface area contributed by atoms with Crippen molar-refractivity contribution in [3.8, 4) is 5.69 Å². The van der Waals surface area contributed by atoms with Crippen LogP contribution in [0.4, 0.5) is 0 Å². The van der Waals surface area contributed by atoms with Gasteiger partial charge in [0.05, 0.1) is 11.4 Å². The van der Waals surface area contributed by atoms with Crippen LogP contribution in [0, 0.1) is 33.1 Å². The molecule has 0 amide bonds. The highest BCUT2D eigenvalue weighted by Gasteiger charge is 2.11. The zero-order valence-corrected chi connectivity index (χ0v) is 11.2. The average Bonchev–Trinajstić information content (AvgIpc) is 2.57. The normalized spacial score (nSPS) is 10.7. The molecule has 1 heterocycles. The summed E-state index contributed by atoms with van der Waals surface area (Å²) < 4.78 is 1.95. The van der Waals surface area contributed by atoms with Crippen LogP contribution in [0.1, 0.15) is 28.1 Å². The molecule has 0 saturated heterocycles. The number of aryl methyl sites for hydroxylation is 2. The number of hydrogen-bond acceptors (Lipinski definition) is 2. The largest absolute Gasteiger partial charge is 0.384 e. The van der Waals surface area contributed by atoms with Crippen molar-refractivity contribution in [2.45, 2.75) is 27.7 Å². The molecule has 0 saturated carbocycles. The highest BCUT2D eigenvalue weighted by Crippen LogP contribution is 2.20. The average molecular weight is 242 g/mol. The minimum atomic E-state index is 0.0919. The number of nitrogens with zero attached hydrogens (tertiary/aromatic N) is 2. The Kier molecular flexibility index (Phi) is 2.95. The summed E-state index contributed by atoms with van der Waals surface area (Å²) in [5.41, 5.74) is 11.7. The fourth-order valence-electron chi connectivity index (χ4n) is 2.02. The van der Waals surface area contributed by atoms with Gasteiger partial charge in [0.2, 0.25) is 0 Å². The zero-order chi connectivity index (χ0) is 13.4. The number of benzene rings is 1. The van der Waals surface area contributed by atoms with E-state index in [-0.39, 0.29) is 5.84 Å². The summed E-state index contributed by atoms with van der Waals surface area (Å²) in [6.07, 6.45) is 0. The molecule has 0 radical (unpaired) electrons. The quantitative estimate of drug-likeness (QED) is 0.627. The molecule has 0 atom stereocenters. The zero-order valence-electron chi connectivity index (χ0n) is 11.2. The van der Waals surface area contributed by atoms with Gasteiger partial charge >= 0.3 is 0 Å². The van der Waals surface area contributed by atoms with Crippen LogP contribution in [0.5, 0.6) is 0 Å². The van der Waals surface area contributed by atoms with Gasteiger partial charge in [-0.15, -0.1) is 0 Å². The molecule has 4 heteroatoms. The molecule has 1 aromatic carbocycles. The summed E-state index contributed by atoms with van der Waals surface area (Å²) in [5.74, 6) is 0.0919. The summed E-state index contributed by atoms with van der Waals surface area (Å²) in [6.45, 7) is 8.16. The van der Waals surface area contributed by atoms with Crippen LogP contribution >= 0.6 is 0 Å². The lowest BCUT2D eigenvalue weighted by Gasteiger charge is -2.10. The van der Waals surface area contributed by atoms with Crippen LogP contribution in [-0.4, -0.2) is 15.6 Å². The summed E-state index contributed by atoms with van der Waals surface area (Å²) in [4.78, 5) is 0. The second kappa shape index (κ2) is 4.29. The molecule has 0 bridgehead atoms. The Balaban J connectivity index is 2.58. The highest BCUT2D eigenvalue weighted by molar-refractivity contribution is 5.95. The molecule has 1 aromatic heterocycles. The summed E-state index contributed by atoms with van der Waals surface area (Å²) in [5, 5.41) is 12.0. The maximum Gasteiger partial charge on any atom is 0.122 e. The van der Waals surface area contributed by atoms with Crippen molar-refractivity contribution in [2.75, 3.05) is 0 Å². The van der Waals surface area contributed by atoms with Crippen molar-refractivity contribution in [2.24, 2.45) is 5.73 Å². The van der Waals surface area contributed by atoms with Crippen molar-refractivity contribution in [1.29, 1.82) is 5.41 Å². The van der Waals surface area contributed by atoms with Crippen LogP contribution in [0.15, 0.2) is 18.2 Å². The molecule has 18 heavy (non-hydrogen) atoms. The third-order valence-corrected chi connectivity index (χ3v) is 3.39. The van der Waals surface area contributed by atoms with Crippen LogP contribution in [0.3, 0.4) is 0 Å². The molecule has 2 aromatic rings. The molecule has 0 fully saturated rings. The lowest BCUT2D eigenvalue weighted by atomic mass is 10.1. The Morgan fingerprint density at radius 3 is 2.33 bits per heavy atom. The van der Waals surface area contributed by atoms with E-state index >= 15 is 0 Å². The topological polar surface area (TPSA) is 67.7 Å². The van der Waals surface area contributed by atoms with Gasteiger partial charge in [0.25, 0.3) is 0 Å². The SMILES string of the molecule is Cc1cc(C(=N)N)ccc1-n1nc(C)c(C)c1C. The van der Waals surface area contributed by atoms with Crippen LogP contribution < -0.4 is 5.73 Å². The van der Waals surface area contributed by atoms with Crippen molar-refractivity contribution >= 4 is 5.84 Å². The van der Waals surface area contributed by atoms with E-state index in [2.05, 4.69) is 18.9 Å². The Hall–Kier alpha value is -2.10. The Morgan fingerprint density at radius 1 is 1.22 bits per heavy atom. The van der Waals surface area contributed by atoms with Crippen LogP contribution in [0.2, 0.25) is 0 Å². The predicted octanol–water partition coefficient (Wildman–Crippen LogP) is 2.39. The van der Waals surface area contributed by atoms with Crippen molar-refractivity contribution in [3.05, 3.63) is 46.3 Å². The Morgan fingerprint density at radius 2 is 1.89 bits per heavy atom. The Bertz CT molecular complexity index is 623. The molecule has 0 spiro atoms. The summed E-state index contributed by atoms with van der Waals surface area (Å²) in [7, 11) is 0. The van der Waals surface area contributed by atoms with E-state index in [0.29, 0.717) is 0 Å². The van der Waals surface area contributed by atoms with Crippen LogP contribution in [0.25, 0.3) is 5.69 Å². The number of amidine groups is 1. The van der Waals surface area contributed by atoms with Gasteiger partial charge in [0.15, 0.2) is 0 Å². The number of aromatic nitrogens is 2. The van der Waals surface area contributed by atoms with Gasteiger partial charge in [-0.2, -0.15) is 5.10 Å². The van der Waals surface area contributed by atoms with Crippen molar-refractivity contribution in [1.82, 2.24) is 9.78 Å². The molecular weight excluding hydrogens is 224 g/mol.